The summed E-state index contributed by atoms with van der Waals surface area (Å²) in [6.45, 7) is 7.73. The normalized spacial score (nSPS) is 14.1. The fourth-order valence-corrected chi connectivity index (χ4v) is 1.82. The van der Waals surface area contributed by atoms with Crippen LogP contribution in [0.1, 0.15) is 44.9 Å². The lowest BCUT2D eigenvalue weighted by atomic mass is 9.85. The third-order valence-electron chi connectivity index (χ3n) is 2.37. The molecule has 0 aliphatic rings. The molecule has 1 aromatic rings. The van der Waals surface area contributed by atoms with Crippen LogP contribution in [0.3, 0.4) is 0 Å². The molecule has 1 atom stereocenters. The molecule has 0 fully saturated rings. The molecule has 1 unspecified atom stereocenters. The molecule has 0 aliphatic carbocycles. The third-order valence-corrected chi connectivity index (χ3v) is 2.95. The van der Waals surface area contributed by atoms with E-state index in [1.165, 1.54) is 0 Å². The molecule has 0 saturated heterocycles. The minimum absolute atomic E-state index is 0.0557. The van der Waals surface area contributed by atoms with Crippen LogP contribution in [-0.2, 0) is 5.41 Å². The molecule has 1 aromatic carbocycles. The fraction of sp³-hybridized carbons (Fsp3) is 0.500. The quantitative estimate of drug-likeness (QED) is 0.823. The largest absolute Gasteiger partial charge is 0.389 e. The summed E-state index contributed by atoms with van der Waals surface area (Å²) in [7, 11) is 0. The summed E-state index contributed by atoms with van der Waals surface area (Å²) in [5.74, 6) is -0.377. The first kappa shape index (κ1) is 12.7. The third kappa shape index (κ3) is 2.79. The molecule has 84 valence electrons. The Labute approximate surface area is 98.4 Å². The molecular formula is C12H16BrFO. The molecule has 0 aliphatic heterocycles. The lowest BCUT2D eigenvalue weighted by Crippen LogP contribution is -2.13. The van der Waals surface area contributed by atoms with E-state index in [-0.39, 0.29) is 11.2 Å². The Hall–Kier alpha value is -0.410. The highest BCUT2D eigenvalue weighted by molar-refractivity contribution is 9.10. The van der Waals surface area contributed by atoms with Crippen LogP contribution in [0.5, 0.6) is 0 Å². The maximum Gasteiger partial charge on any atom is 0.143 e. The number of aliphatic hydroxyl groups excluding tert-OH is 1. The van der Waals surface area contributed by atoms with Gasteiger partial charge in [-0.15, -0.1) is 0 Å². The van der Waals surface area contributed by atoms with Crippen molar-refractivity contribution in [2.75, 3.05) is 0 Å². The van der Waals surface area contributed by atoms with Gasteiger partial charge in [-0.3, -0.25) is 0 Å². The minimum Gasteiger partial charge on any atom is -0.389 e. The topological polar surface area (TPSA) is 20.2 Å². The Morgan fingerprint density at radius 3 is 2.27 bits per heavy atom. The molecule has 0 saturated carbocycles. The Kier molecular flexibility index (Phi) is 3.56. The van der Waals surface area contributed by atoms with Gasteiger partial charge < -0.3 is 5.11 Å². The molecule has 15 heavy (non-hydrogen) atoms. The summed E-state index contributed by atoms with van der Waals surface area (Å²) in [5, 5.41) is 9.46. The zero-order valence-electron chi connectivity index (χ0n) is 9.44. The zero-order chi connectivity index (χ0) is 11.8. The van der Waals surface area contributed by atoms with E-state index < -0.39 is 6.10 Å². The van der Waals surface area contributed by atoms with E-state index in [0.29, 0.717) is 10.0 Å². The van der Waals surface area contributed by atoms with Crippen molar-refractivity contribution in [3.05, 3.63) is 33.5 Å². The predicted molar refractivity (Wildman–Crippen MR) is 63.4 cm³/mol. The molecule has 0 radical (unpaired) electrons. The number of hydrogen-bond acceptors (Lipinski definition) is 1. The number of benzene rings is 1. The zero-order valence-corrected chi connectivity index (χ0v) is 11.0. The first-order chi connectivity index (χ1) is 6.73. The monoisotopic (exact) mass is 274 g/mol. The van der Waals surface area contributed by atoms with Crippen molar-refractivity contribution in [3.63, 3.8) is 0 Å². The van der Waals surface area contributed by atoms with Gasteiger partial charge in [0, 0.05) is 5.56 Å². The highest BCUT2D eigenvalue weighted by Crippen LogP contribution is 2.31. The van der Waals surface area contributed by atoms with Gasteiger partial charge in [-0.2, -0.15) is 0 Å². The molecule has 0 aromatic heterocycles. The summed E-state index contributed by atoms with van der Waals surface area (Å²) in [6, 6.07) is 3.49. The second-order valence-corrected chi connectivity index (χ2v) is 5.64. The maximum absolute atomic E-state index is 13.6. The molecule has 0 amide bonds. The average molecular weight is 275 g/mol. The summed E-state index contributed by atoms with van der Waals surface area (Å²) < 4.78 is 14.0. The Morgan fingerprint density at radius 1 is 1.33 bits per heavy atom. The minimum atomic E-state index is -0.788. The van der Waals surface area contributed by atoms with Gasteiger partial charge in [0.15, 0.2) is 0 Å². The van der Waals surface area contributed by atoms with Crippen LogP contribution in [-0.4, -0.2) is 5.11 Å². The van der Waals surface area contributed by atoms with Gasteiger partial charge in [-0.25, -0.2) is 4.39 Å². The number of hydrogen-bond donors (Lipinski definition) is 1. The molecule has 0 spiro atoms. The van der Waals surface area contributed by atoms with E-state index in [4.69, 9.17) is 0 Å². The van der Waals surface area contributed by atoms with E-state index in [9.17, 15) is 9.50 Å². The highest BCUT2D eigenvalue weighted by atomic mass is 79.9. The van der Waals surface area contributed by atoms with Crippen molar-refractivity contribution in [2.45, 2.75) is 39.2 Å². The van der Waals surface area contributed by atoms with E-state index in [2.05, 4.69) is 36.7 Å². The lowest BCUT2D eigenvalue weighted by molar-refractivity contribution is 0.193. The van der Waals surface area contributed by atoms with Gasteiger partial charge in [0.1, 0.15) is 5.82 Å². The van der Waals surface area contributed by atoms with Gasteiger partial charge >= 0.3 is 0 Å². The average Bonchev–Trinajstić information content (AvgIpc) is 2.06. The van der Waals surface area contributed by atoms with E-state index in [0.717, 1.165) is 5.56 Å². The summed E-state index contributed by atoms with van der Waals surface area (Å²) in [4.78, 5) is 0. The van der Waals surface area contributed by atoms with Crippen molar-refractivity contribution in [1.29, 1.82) is 0 Å². The second-order valence-electron chi connectivity index (χ2n) is 4.79. The Morgan fingerprint density at radius 2 is 1.87 bits per heavy atom. The van der Waals surface area contributed by atoms with Gasteiger partial charge in [-0.05, 0) is 46.0 Å². The highest BCUT2D eigenvalue weighted by Gasteiger charge is 2.19. The van der Waals surface area contributed by atoms with Gasteiger partial charge in [0.25, 0.3) is 0 Å². The SMILES string of the molecule is CC(O)c1cc(C(C)(C)C)cc(Br)c1F. The molecule has 1 N–H and O–H groups in total. The summed E-state index contributed by atoms with van der Waals surface area (Å²) in [6.07, 6.45) is -0.788. The van der Waals surface area contributed by atoms with Crippen LogP contribution in [0.4, 0.5) is 4.39 Å². The van der Waals surface area contributed by atoms with Crippen LogP contribution in [0.25, 0.3) is 0 Å². The summed E-state index contributed by atoms with van der Waals surface area (Å²) >= 11 is 3.17. The molecular weight excluding hydrogens is 259 g/mol. The van der Waals surface area contributed by atoms with Crippen molar-refractivity contribution < 1.29 is 9.50 Å². The van der Waals surface area contributed by atoms with Crippen LogP contribution in [0, 0.1) is 5.82 Å². The Bertz CT molecular complexity index is 367. The van der Waals surface area contributed by atoms with Crippen molar-refractivity contribution in [3.8, 4) is 0 Å². The van der Waals surface area contributed by atoms with Crippen LogP contribution >= 0.6 is 15.9 Å². The van der Waals surface area contributed by atoms with Gasteiger partial charge in [0.05, 0.1) is 10.6 Å². The molecule has 3 heteroatoms. The van der Waals surface area contributed by atoms with Crippen LogP contribution in [0.2, 0.25) is 0 Å². The van der Waals surface area contributed by atoms with Crippen LogP contribution in [0.15, 0.2) is 16.6 Å². The fourth-order valence-electron chi connectivity index (χ4n) is 1.35. The Balaban J connectivity index is 3.36. The van der Waals surface area contributed by atoms with E-state index in [1.54, 1.807) is 19.1 Å². The second kappa shape index (κ2) is 4.22. The van der Waals surface area contributed by atoms with Crippen molar-refractivity contribution in [2.24, 2.45) is 0 Å². The number of halogens is 2. The molecule has 0 bridgehead atoms. The molecule has 1 rings (SSSR count). The number of rotatable bonds is 1. The number of aliphatic hydroxyl groups is 1. The first-order valence-corrected chi connectivity index (χ1v) is 5.70. The van der Waals surface area contributed by atoms with Crippen molar-refractivity contribution >= 4 is 15.9 Å². The smallest absolute Gasteiger partial charge is 0.143 e. The molecule has 0 heterocycles. The standard InChI is InChI=1S/C12H16BrFO/c1-7(15)9-5-8(12(2,3)4)6-10(13)11(9)14/h5-7,15H,1-4H3. The maximum atomic E-state index is 13.6. The predicted octanol–water partition coefficient (Wildman–Crippen LogP) is 3.94. The summed E-state index contributed by atoms with van der Waals surface area (Å²) in [5.41, 5.74) is 1.29. The van der Waals surface area contributed by atoms with Crippen LogP contribution < -0.4 is 0 Å². The molecule has 1 nitrogen and oxygen atoms in total. The van der Waals surface area contributed by atoms with Crippen molar-refractivity contribution in [1.82, 2.24) is 0 Å². The van der Waals surface area contributed by atoms with E-state index >= 15 is 0 Å². The van der Waals surface area contributed by atoms with Gasteiger partial charge in [0.2, 0.25) is 0 Å². The van der Waals surface area contributed by atoms with E-state index in [1.807, 2.05) is 0 Å². The van der Waals surface area contributed by atoms with Gasteiger partial charge in [-0.1, -0.05) is 20.8 Å². The lowest BCUT2D eigenvalue weighted by Gasteiger charge is -2.21. The first-order valence-electron chi connectivity index (χ1n) is 4.91.